The zero-order chi connectivity index (χ0) is 22.4. The van der Waals surface area contributed by atoms with E-state index in [1.165, 1.54) is 4.68 Å². The van der Waals surface area contributed by atoms with Gasteiger partial charge in [0.25, 0.3) is 11.5 Å². The number of fused-ring (bicyclic) bond motifs is 1. The molecule has 0 aliphatic heterocycles. The average Bonchev–Trinajstić information content (AvgIpc) is 2.77. The van der Waals surface area contributed by atoms with Gasteiger partial charge in [-0.1, -0.05) is 50.2 Å². The summed E-state index contributed by atoms with van der Waals surface area (Å²) in [5.41, 5.74) is 0.543. The maximum absolute atomic E-state index is 12.7. The Balaban J connectivity index is 1.72. The van der Waals surface area contributed by atoms with Gasteiger partial charge in [0.2, 0.25) is 0 Å². The summed E-state index contributed by atoms with van der Waals surface area (Å²) in [5, 5.41) is 7.68. The van der Waals surface area contributed by atoms with Gasteiger partial charge in [0.1, 0.15) is 5.75 Å². The molecule has 0 radical (unpaired) electrons. The van der Waals surface area contributed by atoms with Gasteiger partial charge in [0.05, 0.1) is 12.5 Å². The van der Waals surface area contributed by atoms with Crippen molar-refractivity contribution in [3.63, 3.8) is 0 Å². The Kier molecular flexibility index (Phi) is 7.02. The van der Waals surface area contributed by atoms with Crippen molar-refractivity contribution in [2.45, 2.75) is 26.9 Å². The molecule has 0 unspecified atom stereocenters. The number of aromatic nitrogens is 2. The van der Waals surface area contributed by atoms with Crippen LogP contribution in [0.4, 0.5) is 0 Å². The van der Waals surface area contributed by atoms with Gasteiger partial charge in [0, 0.05) is 24.0 Å². The molecule has 3 rings (SSSR count). The molecule has 1 aromatic heterocycles. The molecule has 3 aromatic rings. The predicted molar refractivity (Wildman–Crippen MR) is 116 cm³/mol. The zero-order valence-electron chi connectivity index (χ0n) is 17.8. The van der Waals surface area contributed by atoms with Gasteiger partial charge in [-0.2, -0.15) is 5.10 Å². The number of ether oxygens (including phenoxy) is 2. The molecule has 8 nitrogen and oxygen atoms in total. The number of para-hydroxylation sites is 1. The molecule has 31 heavy (non-hydrogen) atoms. The van der Waals surface area contributed by atoms with Crippen LogP contribution >= 0.6 is 0 Å². The first-order chi connectivity index (χ1) is 14.9. The molecule has 1 amide bonds. The minimum Gasteiger partial charge on any atom is -0.496 e. The van der Waals surface area contributed by atoms with E-state index < -0.39 is 18.5 Å². The fourth-order valence-electron chi connectivity index (χ4n) is 3.15. The van der Waals surface area contributed by atoms with Crippen molar-refractivity contribution in [3.8, 4) is 5.75 Å². The first-order valence-corrected chi connectivity index (χ1v) is 9.96. The van der Waals surface area contributed by atoms with Gasteiger partial charge in [-0.05, 0) is 18.1 Å². The summed E-state index contributed by atoms with van der Waals surface area (Å²) < 4.78 is 11.7. The van der Waals surface area contributed by atoms with Crippen LogP contribution < -0.4 is 15.6 Å². The number of carbonyl (C=O) groups excluding carboxylic acids is 2. The van der Waals surface area contributed by atoms with Crippen LogP contribution in [0.15, 0.2) is 53.3 Å². The standard InChI is InChI=1S/C23H25N3O5/c1-15(2)13-26-22(28)18-10-6-5-9-17(18)21(25-26)23(29)31-14-20(27)24-12-16-8-4-7-11-19(16)30-3/h4-11,15H,12-14H2,1-3H3,(H,24,27). The Morgan fingerprint density at radius 2 is 1.74 bits per heavy atom. The van der Waals surface area contributed by atoms with Gasteiger partial charge in [-0.15, -0.1) is 0 Å². The van der Waals surface area contributed by atoms with E-state index in [2.05, 4.69) is 10.4 Å². The number of benzene rings is 2. The lowest BCUT2D eigenvalue weighted by Crippen LogP contribution is -2.30. The number of esters is 1. The SMILES string of the molecule is COc1ccccc1CNC(=O)COC(=O)c1nn(CC(C)C)c(=O)c2ccccc12. The summed E-state index contributed by atoms with van der Waals surface area (Å²) in [7, 11) is 1.55. The number of carbonyl (C=O) groups is 2. The van der Waals surface area contributed by atoms with Crippen molar-refractivity contribution in [1.82, 2.24) is 15.1 Å². The van der Waals surface area contributed by atoms with Crippen molar-refractivity contribution in [2.75, 3.05) is 13.7 Å². The normalized spacial score (nSPS) is 10.8. The van der Waals surface area contributed by atoms with Crippen LogP contribution in [0.3, 0.4) is 0 Å². The minimum absolute atomic E-state index is 0.00776. The van der Waals surface area contributed by atoms with Gasteiger partial charge < -0.3 is 14.8 Å². The van der Waals surface area contributed by atoms with E-state index in [0.717, 1.165) is 5.56 Å². The molecule has 0 atom stereocenters. The lowest BCUT2D eigenvalue weighted by atomic mass is 10.1. The quantitative estimate of drug-likeness (QED) is 0.559. The molecule has 1 N–H and O–H groups in total. The van der Waals surface area contributed by atoms with E-state index in [1.54, 1.807) is 37.4 Å². The number of hydrogen-bond donors (Lipinski definition) is 1. The second-order valence-corrected chi connectivity index (χ2v) is 7.44. The van der Waals surface area contributed by atoms with E-state index in [0.29, 0.717) is 23.1 Å². The molecule has 0 aliphatic rings. The smallest absolute Gasteiger partial charge is 0.359 e. The molecule has 0 spiro atoms. The lowest BCUT2D eigenvalue weighted by Gasteiger charge is -2.12. The van der Waals surface area contributed by atoms with Crippen LogP contribution in [-0.4, -0.2) is 35.4 Å². The molecular weight excluding hydrogens is 398 g/mol. The highest BCUT2D eigenvalue weighted by Crippen LogP contribution is 2.17. The van der Waals surface area contributed by atoms with Crippen LogP contribution in [0.5, 0.6) is 5.75 Å². The van der Waals surface area contributed by atoms with Crippen molar-refractivity contribution in [3.05, 3.63) is 70.1 Å². The summed E-state index contributed by atoms with van der Waals surface area (Å²) in [6.45, 7) is 4.04. The molecule has 0 bridgehead atoms. The predicted octanol–water partition coefficient (Wildman–Crippen LogP) is 2.53. The van der Waals surface area contributed by atoms with Crippen molar-refractivity contribution in [1.29, 1.82) is 0 Å². The molecule has 2 aromatic carbocycles. The van der Waals surface area contributed by atoms with Gasteiger partial charge in [-0.25, -0.2) is 9.48 Å². The van der Waals surface area contributed by atoms with Crippen LogP contribution in [0.2, 0.25) is 0 Å². The molecule has 0 aliphatic carbocycles. The maximum Gasteiger partial charge on any atom is 0.359 e. The second-order valence-electron chi connectivity index (χ2n) is 7.44. The van der Waals surface area contributed by atoms with Crippen LogP contribution in [-0.2, 0) is 22.6 Å². The summed E-state index contributed by atoms with van der Waals surface area (Å²) in [6, 6.07) is 14.0. The minimum atomic E-state index is -0.763. The Hall–Kier alpha value is -3.68. The van der Waals surface area contributed by atoms with Crippen LogP contribution in [0.25, 0.3) is 10.8 Å². The van der Waals surface area contributed by atoms with Crippen molar-refractivity contribution >= 4 is 22.6 Å². The fourth-order valence-corrected chi connectivity index (χ4v) is 3.15. The van der Waals surface area contributed by atoms with Gasteiger partial charge >= 0.3 is 5.97 Å². The number of nitrogens with one attached hydrogen (secondary N) is 1. The topological polar surface area (TPSA) is 99.5 Å². The second kappa shape index (κ2) is 9.88. The number of methoxy groups -OCH3 is 1. The summed E-state index contributed by atoms with van der Waals surface area (Å²) in [5.74, 6) is -0.404. The third kappa shape index (κ3) is 5.28. The summed E-state index contributed by atoms with van der Waals surface area (Å²) in [6.07, 6.45) is 0. The van der Waals surface area contributed by atoms with E-state index >= 15 is 0 Å². The third-order valence-corrected chi connectivity index (χ3v) is 4.60. The van der Waals surface area contributed by atoms with E-state index in [4.69, 9.17) is 9.47 Å². The molecular formula is C23H25N3O5. The van der Waals surface area contributed by atoms with Crippen LogP contribution in [0.1, 0.15) is 29.9 Å². The van der Waals surface area contributed by atoms with Gasteiger partial charge in [0.15, 0.2) is 12.3 Å². The Morgan fingerprint density at radius 1 is 1.06 bits per heavy atom. The van der Waals surface area contributed by atoms with E-state index in [-0.39, 0.29) is 23.7 Å². The highest BCUT2D eigenvalue weighted by atomic mass is 16.5. The number of hydrogen-bond acceptors (Lipinski definition) is 6. The highest BCUT2D eigenvalue weighted by Gasteiger charge is 2.19. The number of rotatable bonds is 8. The molecule has 1 heterocycles. The largest absolute Gasteiger partial charge is 0.496 e. The van der Waals surface area contributed by atoms with E-state index in [1.807, 2.05) is 32.0 Å². The zero-order valence-corrected chi connectivity index (χ0v) is 17.8. The van der Waals surface area contributed by atoms with Crippen LogP contribution in [0, 0.1) is 5.92 Å². The molecule has 8 heteroatoms. The highest BCUT2D eigenvalue weighted by molar-refractivity contribution is 6.02. The maximum atomic E-state index is 12.7. The van der Waals surface area contributed by atoms with E-state index in [9.17, 15) is 14.4 Å². The number of amides is 1. The van der Waals surface area contributed by atoms with Crippen molar-refractivity contribution < 1.29 is 19.1 Å². The lowest BCUT2D eigenvalue weighted by molar-refractivity contribution is -0.124. The Morgan fingerprint density at radius 3 is 2.45 bits per heavy atom. The summed E-state index contributed by atoms with van der Waals surface area (Å²) >= 11 is 0. The average molecular weight is 423 g/mol. The Bertz CT molecular complexity index is 1150. The number of nitrogens with zero attached hydrogens (tertiary/aromatic N) is 2. The molecule has 0 saturated heterocycles. The molecule has 0 fully saturated rings. The summed E-state index contributed by atoms with van der Waals surface area (Å²) in [4.78, 5) is 37.5. The van der Waals surface area contributed by atoms with Crippen molar-refractivity contribution in [2.24, 2.45) is 5.92 Å². The third-order valence-electron chi connectivity index (χ3n) is 4.60. The first-order valence-electron chi connectivity index (χ1n) is 9.96. The first kappa shape index (κ1) is 22.0. The molecule has 0 saturated carbocycles. The Labute approximate surface area is 179 Å². The molecule has 162 valence electrons. The fraction of sp³-hybridized carbons (Fsp3) is 0.304. The monoisotopic (exact) mass is 423 g/mol. The van der Waals surface area contributed by atoms with Gasteiger partial charge in [-0.3, -0.25) is 9.59 Å².